The Hall–Kier alpha value is -2.92. The van der Waals surface area contributed by atoms with E-state index in [4.69, 9.17) is 0 Å². The minimum Gasteiger partial charge on any atom is -0.307 e. The van der Waals surface area contributed by atoms with Gasteiger partial charge >= 0.3 is 0 Å². The van der Waals surface area contributed by atoms with Crippen LogP contribution in [0.3, 0.4) is 0 Å². The molecule has 0 saturated heterocycles. The second-order valence-corrected chi connectivity index (χ2v) is 8.93. The fraction of sp³-hybridized carbons (Fsp3) is 0.250. The molecule has 146 valence electrons. The minimum absolute atomic E-state index is 0.0175. The molecule has 0 N–H and O–H groups in total. The third-order valence-corrected chi connectivity index (χ3v) is 6.85. The van der Waals surface area contributed by atoms with E-state index >= 15 is 0 Å². The lowest BCUT2D eigenvalue weighted by Crippen LogP contribution is -2.29. The van der Waals surface area contributed by atoms with Crippen LogP contribution in [0.15, 0.2) is 48.5 Å². The number of amides is 2. The molecule has 5 heteroatoms. The molecule has 0 bridgehead atoms. The lowest BCUT2D eigenvalue weighted by atomic mass is 10.1. The molecule has 2 amide bonds. The first-order chi connectivity index (χ1) is 14.0. The maximum Gasteiger partial charge on any atom is 0.268 e. The zero-order chi connectivity index (χ0) is 20.1. The van der Waals surface area contributed by atoms with Crippen LogP contribution in [0.1, 0.15) is 41.6 Å². The average molecular weight is 403 g/mol. The first-order valence-corrected chi connectivity index (χ1v) is 10.8. The van der Waals surface area contributed by atoms with E-state index in [1.807, 2.05) is 23.6 Å². The predicted octanol–water partition coefficient (Wildman–Crippen LogP) is 4.77. The fourth-order valence-electron chi connectivity index (χ4n) is 4.23. The van der Waals surface area contributed by atoms with Crippen LogP contribution in [-0.2, 0) is 12.8 Å². The van der Waals surface area contributed by atoms with Crippen LogP contribution in [0, 0.1) is 13.8 Å². The lowest BCUT2D eigenvalue weighted by Gasteiger charge is -2.17. The SMILES string of the molecule is Cc1ccc2c(c1)N(C(=O)c1ccc(C(=O)N3CCc4ccc(C)cc43)s1)CC2. The van der Waals surface area contributed by atoms with E-state index in [0.29, 0.717) is 22.8 Å². The molecule has 0 radical (unpaired) electrons. The number of aryl methyl sites for hydroxylation is 2. The highest BCUT2D eigenvalue weighted by Gasteiger charge is 2.30. The third kappa shape index (κ3) is 3.06. The van der Waals surface area contributed by atoms with Crippen LogP contribution in [0.5, 0.6) is 0 Å². The van der Waals surface area contributed by atoms with Crippen LogP contribution < -0.4 is 9.80 Å². The highest BCUT2D eigenvalue weighted by molar-refractivity contribution is 7.16. The quantitative estimate of drug-likeness (QED) is 0.619. The summed E-state index contributed by atoms with van der Waals surface area (Å²) in [7, 11) is 0. The van der Waals surface area contributed by atoms with Gasteiger partial charge < -0.3 is 9.80 Å². The van der Waals surface area contributed by atoms with Crippen molar-refractivity contribution in [1.82, 2.24) is 0 Å². The number of benzene rings is 2. The maximum atomic E-state index is 13.1. The first-order valence-electron chi connectivity index (χ1n) is 9.94. The van der Waals surface area contributed by atoms with Gasteiger partial charge in [0.2, 0.25) is 0 Å². The summed E-state index contributed by atoms with van der Waals surface area (Å²) in [4.78, 5) is 31.2. The summed E-state index contributed by atoms with van der Waals surface area (Å²) in [5.41, 5.74) is 6.71. The number of carbonyl (C=O) groups excluding carboxylic acids is 2. The summed E-state index contributed by atoms with van der Waals surface area (Å²) >= 11 is 1.30. The van der Waals surface area contributed by atoms with Gasteiger partial charge in [-0.25, -0.2) is 0 Å². The molecule has 2 aliphatic rings. The van der Waals surface area contributed by atoms with Crippen LogP contribution in [0.25, 0.3) is 0 Å². The van der Waals surface area contributed by atoms with E-state index in [9.17, 15) is 9.59 Å². The van der Waals surface area contributed by atoms with Crippen LogP contribution >= 0.6 is 11.3 Å². The first kappa shape index (κ1) is 18.1. The van der Waals surface area contributed by atoms with Crippen LogP contribution in [-0.4, -0.2) is 24.9 Å². The Morgan fingerprint density at radius 2 is 1.17 bits per heavy atom. The van der Waals surface area contributed by atoms with E-state index in [2.05, 4.69) is 36.4 Å². The number of carbonyl (C=O) groups is 2. The van der Waals surface area contributed by atoms with E-state index in [0.717, 1.165) is 35.3 Å². The molecule has 3 heterocycles. The van der Waals surface area contributed by atoms with Gasteiger partial charge in [0.1, 0.15) is 0 Å². The molecule has 5 rings (SSSR count). The lowest BCUT2D eigenvalue weighted by molar-refractivity contribution is 0.0986. The Morgan fingerprint density at radius 3 is 1.62 bits per heavy atom. The number of thiophene rings is 1. The van der Waals surface area contributed by atoms with Crippen LogP contribution in [0.4, 0.5) is 11.4 Å². The Labute approximate surface area is 174 Å². The molecule has 0 spiro atoms. The van der Waals surface area contributed by atoms with Crippen molar-refractivity contribution in [3.8, 4) is 0 Å². The molecule has 0 atom stereocenters. The number of fused-ring (bicyclic) bond motifs is 2. The van der Waals surface area contributed by atoms with Crippen LogP contribution in [0.2, 0.25) is 0 Å². The van der Waals surface area contributed by atoms with E-state index in [-0.39, 0.29) is 11.8 Å². The Balaban J connectivity index is 1.40. The van der Waals surface area contributed by atoms with Gasteiger partial charge in [-0.3, -0.25) is 9.59 Å². The molecule has 29 heavy (non-hydrogen) atoms. The van der Waals surface area contributed by atoms with Gasteiger partial charge in [-0.05, 0) is 73.2 Å². The standard InChI is InChI=1S/C24H22N2O2S/c1-15-3-5-17-9-11-25(19(17)13-15)23(27)21-7-8-22(29-21)24(28)26-12-10-18-6-4-16(2)14-20(18)26/h3-8,13-14H,9-12H2,1-2H3. The van der Waals surface area contributed by atoms with Gasteiger partial charge in [0.05, 0.1) is 9.75 Å². The molecule has 2 aromatic carbocycles. The van der Waals surface area contributed by atoms with Crippen molar-refractivity contribution in [3.05, 3.63) is 80.5 Å². The molecular weight excluding hydrogens is 380 g/mol. The summed E-state index contributed by atoms with van der Waals surface area (Å²) in [5.74, 6) is -0.0351. The molecule has 3 aromatic rings. The fourth-order valence-corrected chi connectivity index (χ4v) is 5.14. The van der Waals surface area contributed by atoms with Gasteiger partial charge in [-0.1, -0.05) is 24.3 Å². The van der Waals surface area contributed by atoms with Crippen molar-refractivity contribution in [2.45, 2.75) is 26.7 Å². The summed E-state index contributed by atoms with van der Waals surface area (Å²) in [5, 5.41) is 0. The van der Waals surface area contributed by atoms with Gasteiger partial charge in [0.15, 0.2) is 0 Å². The Kier molecular flexibility index (Phi) is 4.28. The summed E-state index contributed by atoms with van der Waals surface area (Å²) in [6.45, 7) is 5.46. The number of anilines is 2. The minimum atomic E-state index is -0.0175. The average Bonchev–Trinajstić information content (AvgIpc) is 3.44. The van der Waals surface area contributed by atoms with Gasteiger partial charge in [0.25, 0.3) is 11.8 Å². The zero-order valence-corrected chi connectivity index (χ0v) is 17.4. The Morgan fingerprint density at radius 1 is 0.724 bits per heavy atom. The highest BCUT2D eigenvalue weighted by Crippen LogP contribution is 2.34. The van der Waals surface area contributed by atoms with Crippen molar-refractivity contribution in [2.24, 2.45) is 0 Å². The van der Waals surface area contributed by atoms with Crippen molar-refractivity contribution >= 4 is 34.5 Å². The number of nitrogens with zero attached hydrogens (tertiary/aromatic N) is 2. The molecule has 2 aliphatic heterocycles. The van der Waals surface area contributed by atoms with Crippen molar-refractivity contribution in [1.29, 1.82) is 0 Å². The van der Waals surface area contributed by atoms with E-state index in [1.54, 1.807) is 12.1 Å². The summed E-state index contributed by atoms with van der Waals surface area (Å²) in [6, 6.07) is 16.1. The summed E-state index contributed by atoms with van der Waals surface area (Å²) in [6.07, 6.45) is 1.75. The summed E-state index contributed by atoms with van der Waals surface area (Å²) < 4.78 is 0. The van der Waals surface area contributed by atoms with Crippen molar-refractivity contribution < 1.29 is 9.59 Å². The second-order valence-electron chi connectivity index (χ2n) is 7.84. The van der Waals surface area contributed by atoms with Gasteiger partial charge in [0, 0.05) is 24.5 Å². The third-order valence-electron chi connectivity index (χ3n) is 5.79. The monoisotopic (exact) mass is 402 g/mol. The number of rotatable bonds is 2. The number of hydrogen-bond donors (Lipinski definition) is 0. The molecule has 4 nitrogen and oxygen atoms in total. The highest BCUT2D eigenvalue weighted by atomic mass is 32.1. The number of hydrogen-bond acceptors (Lipinski definition) is 3. The predicted molar refractivity (Wildman–Crippen MR) is 117 cm³/mol. The Bertz CT molecular complexity index is 1060. The molecule has 0 unspecified atom stereocenters. The van der Waals surface area contributed by atoms with E-state index < -0.39 is 0 Å². The largest absolute Gasteiger partial charge is 0.307 e. The van der Waals surface area contributed by atoms with Gasteiger partial charge in [-0.15, -0.1) is 11.3 Å². The molecular formula is C24H22N2O2S. The normalized spacial score (nSPS) is 14.8. The van der Waals surface area contributed by atoms with Gasteiger partial charge in [-0.2, -0.15) is 0 Å². The zero-order valence-electron chi connectivity index (χ0n) is 16.6. The van der Waals surface area contributed by atoms with Crippen molar-refractivity contribution in [3.63, 3.8) is 0 Å². The van der Waals surface area contributed by atoms with E-state index in [1.165, 1.54) is 22.5 Å². The molecule has 0 aliphatic carbocycles. The maximum absolute atomic E-state index is 13.1. The molecule has 0 fully saturated rings. The topological polar surface area (TPSA) is 40.6 Å². The second kappa shape index (κ2) is 6.85. The molecule has 1 aromatic heterocycles. The smallest absolute Gasteiger partial charge is 0.268 e. The van der Waals surface area contributed by atoms with Crippen molar-refractivity contribution in [2.75, 3.05) is 22.9 Å². The molecule has 0 saturated carbocycles.